The Labute approximate surface area is 152 Å². The lowest BCUT2D eigenvalue weighted by Gasteiger charge is -2.22. The first-order chi connectivity index (χ1) is 11.3. The molecule has 0 aliphatic rings. The molecule has 1 heterocycles. The molecule has 0 bridgehead atoms. The first-order valence-corrected chi connectivity index (χ1v) is 9.74. The van der Waals surface area contributed by atoms with Crippen LogP contribution < -0.4 is 10.1 Å². The lowest BCUT2D eigenvalue weighted by molar-refractivity contribution is -0.121. The van der Waals surface area contributed by atoms with Crippen LogP contribution in [0.5, 0.6) is 5.75 Å². The van der Waals surface area contributed by atoms with Crippen molar-refractivity contribution in [2.24, 2.45) is 0 Å². The lowest BCUT2D eigenvalue weighted by atomic mass is 10.1. The Bertz CT molecular complexity index is 675. The van der Waals surface area contributed by atoms with Gasteiger partial charge in [-0.05, 0) is 52.0 Å². The monoisotopic (exact) mass is 364 g/mol. The van der Waals surface area contributed by atoms with Gasteiger partial charge in [0.15, 0.2) is 0 Å². The van der Waals surface area contributed by atoms with E-state index in [9.17, 15) is 4.79 Å². The van der Waals surface area contributed by atoms with Crippen molar-refractivity contribution in [3.05, 3.63) is 35.3 Å². The average molecular weight is 365 g/mol. The molecule has 0 radical (unpaired) electrons. The first-order valence-electron chi connectivity index (χ1n) is 7.81. The SMILES string of the molecule is COc1ccc(-c2nc(CSC(C)C(=O)NC(C)(C)C)cs2)cc1. The minimum atomic E-state index is -0.200. The molecular formula is C18H24N2O2S2. The van der Waals surface area contributed by atoms with Crippen LogP contribution in [0, 0.1) is 0 Å². The number of thioether (sulfide) groups is 1. The molecule has 0 aliphatic heterocycles. The molecule has 24 heavy (non-hydrogen) atoms. The van der Waals surface area contributed by atoms with Crippen molar-refractivity contribution in [2.45, 2.75) is 44.2 Å². The zero-order valence-electron chi connectivity index (χ0n) is 14.8. The van der Waals surface area contributed by atoms with E-state index in [0.29, 0.717) is 0 Å². The number of ether oxygens (including phenoxy) is 1. The number of hydrogen-bond acceptors (Lipinski definition) is 5. The van der Waals surface area contributed by atoms with Crippen LogP contribution in [0.25, 0.3) is 10.6 Å². The van der Waals surface area contributed by atoms with E-state index in [4.69, 9.17) is 4.74 Å². The second-order valence-corrected chi connectivity index (χ2v) is 8.75. The van der Waals surface area contributed by atoms with E-state index < -0.39 is 0 Å². The maximum Gasteiger partial charge on any atom is 0.233 e. The molecule has 2 rings (SSSR count). The smallest absolute Gasteiger partial charge is 0.233 e. The number of thiazole rings is 1. The van der Waals surface area contributed by atoms with E-state index in [0.717, 1.165) is 27.8 Å². The number of nitrogens with zero attached hydrogens (tertiary/aromatic N) is 1. The highest BCUT2D eigenvalue weighted by Crippen LogP contribution is 2.28. The molecule has 1 unspecified atom stereocenters. The normalized spacial score (nSPS) is 12.7. The fourth-order valence-electron chi connectivity index (χ4n) is 2.00. The predicted octanol–water partition coefficient (Wildman–Crippen LogP) is 4.36. The van der Waals surface area contributed by atoms with Gasteiger partial charge in [0.25, 0.3) is 0 Å². The van der Waals surface area contributed by atoms with E-state index in [1.807, 2.05) is 52.0 Å². The third kappa shape index (κ3) is 5.53. The van der Waals surface area contributed by atoms with Gasteiger partial charge in [0.2, 0.25) is 5.91 Å². The lowest BCUT2D eigenvalue weighted by Crippen LogP contribution is -2.44. The molecule has 6 heteroatoms. The Morgan fingerprint density at radius 1 is 1.33 bits per heavy atom. The highest BCUT2D eigenvalue weighted by atomic mass is 32.2. The van der Waals surface area contributed by atoms with Crippen molar-refractivity contribution >= 4 is 29.0 Å². The van der Waals surface area contributed by atoms with Crippen molar-refractivity contribution in [3.63, 3.8) is 0 Å². The van der Waals surface area contributed by atoms with Crippen molar-refractivity contribution in [1.29, 1.82) is 0 Å². The minimum Gasteiger partial charge on any atom is -0.497 e. The maximum atomic E-state index is 12.1. The van der Waals surface area contributed by atoms with Gasteiger partial charge in [-0.25, -0.2) is 4.98 Å². The van der Waals surface area contributed by atoms with Crippen LogP contribution in [0.1, 0.15) is 33.4 Å². The molecule has 2 aromatic rings. The summed E-state index contributed by atoms with van der Waals surface area (Å²) >= 11 is 3.23. The number of rotatable bonds is 6. The summed E-state index contributed by atoms with van der Waals surface area (Å²) in [4.78, 5) is 16.8. The Morgan fingerprint density at radius 2 is 2.00 bits per heavy atom. The van der Waals surface area contributed by atoms with Gasteiger partial charge in [-0.2, -0.15) is 0 Å². The Hall–Kier alpha value is -1.53. The van der Waals surface area contributed by atoms with Crippen LogP contribution in [0.3, 0.4) is 0 Å². The van der Waals surface area contributed by atoms with Crippen LogP contribution in [-0.2, 0) is 10.5 Å². The van der Waals surface area contributed by atoms with Crippen molar-refractivity contribution in [1.82, 2.24) is 10.3 Å². The number of methoxy groups -OCH3 is 1. The molecule has 1 aromatic heterocycles. The number of benzene rings is 1. The van der Waals surface area contributed by atoms with Gasteiger partial charge in [-0.15, -0.1) is 23.1 Å². The number of aromatic nitrogens is 1. The molecule has 1 amide bonds. The Kier molecular flexibility index (Phi) is 6.29. The molecule has 0 saturated carbocycles. The summed E-state index contributed by atoms with van der Waals surface area (Å²) in [6, 6.07) is 7.89. The fraction of sp³-hybridized carbons (Fsp3) is 0.444. The van der Waals surface area contributed by atoms with Gasteiger partial charge in [0.05, 0.1) is 18.1 Å². The molecule has 1 atom stereocenters. The Morgan fingerprint density at radius 3 is 2.58 bits per heavy atom. The summed E-state index contributed by atoms with van der Waals surface area (Å²) in [5.41, 5.74) is 1.88. The molecule has 0 saturated heterocycles. The van der Waals surface area contributed by atoms with E-state index in [1.54, 1.807) is 30.2 Å². The minimum absolute atomic E-state index is 0.0677. The summed E-state index contributed by atoms with van der Waals surface area (Å²) in [5.74, 6) is 1.63. The Balaban J connectivity index is 1.92. The summed E-state index contributed by atoms with van der Waals surface area (Å²) in [5, 5.41) is 5.95. The van der Waals surface area contributed by atoms with Gasteiger partial charge >= 0.3 is 0 Å². The van der Waals surface area contributed by atoms with Gasteiger partial charge in [0.1, 0.15) is 10.8 Å². The molecule has 0 aliphatic carbocycles. The van der Waals surface area contributed by atoms with Crippen molar-refractivity contribution < 1.29 is 9.53 Å². The van der Waals surface area contributed by atoms with Crippen molar-refractivity contribution in [2.75, 3.05) is 7.11 Å². The maximum absolute atomic E-state index is 12.1. The zero-order valence-corrected chi connectivity index (χ0v) is 16.4. The highest BCUT2D eigenvalue weighted by molar-refractivity contribution is 7.99. The molecule has 1 aromatic carbocycles. The predicted molar refractivity (Wildman–Crippen MR) is 103 cm³/mol. The summed E-state index contributed by atoms with van der Waals surface area (Å²) in [6.07, 6.45) is 0. The van der Waals surface area contributed by atoms with Gasteiger partial charge in [-0.1, -0.05) is 0 Å². The number of amides is 1. The second kappa shape index (κ2) is 8.03. The molecule has 0 spiro atoms. The number of hydrogen-bond donors (Lipinski definition) is 1. The quantitative estimate of drug-likeness (QED) is 0.828. The summed E-state index contributed by atoms with van der Waals surface area (Å²) < 4.78 is 5.17. The highest BCUT2D eigenvalue weighted by Gasteiger charge is 2.19. The third-order valence-electron chi connectivity index (χ3n) is 3.24. The van der Waals surface area contributed by atoms with Crippen LogP contribution in [-0.4, -0.2) is 28.8 Å². The average Bonchev–Trinajstić information content (AvgIpc) is 3.00. The van der Waals surface area contributed by atoms with E-state index in [-0.39, 0.29) is 16.7 Å². The number of carbonyl (C=O) groups excluding carboxylic acids is 1. The number of nitrogens with one attached hydrogen (secondary N) is 1. The van der Waals surface area contributed by atoms with E-state index in [1.165, 1.54) is 0 Å². The zero-order chi connectivity index (χ0) is 17.7. The van der Waals surface area contributed by atoms with Crippen molar-refractivity contribution in [3.8, 4) is 16.3 Å². The van der Waals surface area contributed by atoms with Crippen LogP contribution in [0.4, 0.5) is 0 Å². The topological polar surface area (TPSA) is 51.2 Å². The number of carbonyl (C=O) groups is 1. The van der Waals surface area contributed by atoms with Crippen LogP contribution >= 0.6 is 23.1 Å². The largest absolute Gasteiger partial charge is 0.497 e. The molecule has 1 N–H and O–H groups in total. The van der Waals surface area contributed by atoms with Crippen LogP contribution in [0.15, 0.2) is 29.6 Å². The van der Waals surface area contributed by atoms with Gasteiger partial charge < -0.3 is 10.1 Å². The molecule has 4 nitrogen and oxygen atoms in total. The first kappa shape index (κ1) is 18.8. The van der Waals surface area contributed by atoms with Gasteiger partial charge in [0, 0.05) is 22.2 Å². The molecule has 0 fully saturated rings. The van der Waals surface area contributed by atoms with Crippen LogP contribution in [0.2, 0.25) is 0 Å². The second-order valence-electron chi connectivity index (χ2n) is 6.56. The fourth-order valence-corrected chi connectivity index (χ4v) is 3.71. The summed E-state index contributed by atoms with van der Waals surface area (Å²) in [6.45, 7) is 7.90. The van der Waals surface area contributed by atoms with E-state index in [2.05, 4.69) is 15.7 Å². The van der Waals surface area contributed by atoms with E-state index >= 15 is 0 Å². The summed E-state index contributed by atoms with van der Waals surface area (Å²) in [7, 11) is 1.66. The third-order valence-corrected chi connectivity index (χ3v) is 5.35. The van der Waals surface area contributed by atoms with Gasteiger partial charge in [-0.3, -0.25) is 4.79 Å². The molecule has 130 valence electrons. The standard InChI is InChI=1S/C18H24N2O2S2/c1-12(16(21)20-18(2,3)4)23-10-14-11-24-17(19-14)13-6-8-15(22-5)9-7-13/h6-9,11-12H,10H2,1-5H3,(H,20,21). The molecular weight excluding hydrogens is 340 g/mol.